The fraction of sp³-hybridized carbons (Fsp3) is 0.571. The van der Waals surface area contributed by atoms with Crippen molar-refractivity contribution in [3.05, 3.63) is 59.7 Å². The third-order valence-corrected chi connectivity index (χ3v) is 5.79. The van der Waals surface area contributed by atoms with Crippen molar-refractivity contribution in [3.8, 4) is 11.5 Å². The van der Waals surface area contributed by atoms with Gasteiger partial charge in [0.25, 0.3) is 0 Å². The minimum atomic E-state index is -0.169. The molecule has 2 saturated heterocycles. The molecule has 0 spiro atoms. The van der Waals surface area contributed by atoms with Crippen LogP contribution in [-0.4, -0.2) is 65.1 Å². The Hall–Kier alpha value is -2.16. The van der Waals surface area contributed by atoms with Crippen LogP contribution >= 0.6 is 0 Å². The second-order valence-corrected chi connectivity index (χ2v) is 8.78. The van der Waals surface area contributed by atoms with E-state index in [1.165, 1.54) is 0 Å². The van der Waals surface area contributed by atoms with E-state index in [1.54, 1.807) is 0 Å². The molecule has 7 heteroatoms. The fourth-order valence-electron chi connectivity index (χ4n) is 3.82. The predicted molar refractivity (Wildman–Crippen MR) is 132 cm³/mol. The molecular weight excluding hydrogens is 448 g/mol. The first-order valence-corrected chi connectivity index (χ1v) is 12.8. The quantitative estimate of drug-likeness (QED) is 0.219. The molecule has 0 bridgehead atoms. The third kappa shape index (κ3) is 8.47. The normalized spacial score (nSPS) is 20.3. The summed E-state index contributed by atoms with van der Waals surface area (Å²) in [6, 6.07) is 16.1. The van der Waals surface area contributed by atoms with Gasteiger partial charge >= 0.3 is 0 Å². The Morgan fingerprint density at radius 1 is 0.629 bits per heavy atom. The van der Waals surface area contributed by atoms with E-state index >= 15 is 0 Å². The van der Waals surface area contributed by atoms with E-state index in [0.29, 0.717) is 39.6 Å². The van der Waals surface area contributed by atoms with Gasteiger partial charge in [-0.25, -0.2) is 0 Å². The van der Waals surface area contributed by atoms with Crippen LogP contribution in [0.1, 0.15) is 50.0 Å². The van der Waals surface area contributed by atoms with Crippen LogP contribution in [0, 0.1) is 0 Å². The van der Waals surface area contributed by atoms with Crippen LogP contribution in [0.3, 0.4) is 0 Å². The number of ether oxygens (including phenoxy) is 7. The highest BCUT2D eigenvalue weighted by Gasteiger charge is 2.42. The molecule has 0 N–H and O–H groups in total. The number of hydrogen-bond acceptors (Lipinski definition) is 7. The lowest BCUT2D eigenvalue weighted by Gasteiger charge is -2.24. The summed E-state index contributed by atoms with van der Waals surface area (Å²) in [5.41, 5.74) is 2.14. The zero-order valence-electron chi connectivity index (χ0n) is 20.9. The molecule has 2 aromatic carbocycles. The molecule has 2 aliphatic rings. The molecule has 2 fully saturated rings. The van der Waals surface area contributed by atoms with Crippen molar-refractivity contribution < 1.29 is 33.2 Å². The maximum atomic E-state index is 6.63. The van der Waals surface area contributed by atoms with Gasteiger partial charge in [0, 0.05) is 13.2 Å². The van der Waals surface area contributed by atoms with Gasteiger partial charge in [0.05, 0.1) is 26.4 Å². The summed E-state index contributed by atoms with van der Waals surface area (Å²) in [6.07, 6.45) is 1.79. The molecule has 0 amide bonds. The Kier molecular flexibility index (Phi) is 10.2. The lowest BCUT2D eigenvalue weighted by atomic mass is 10.0. The number of rotatable bonds is 18. The molecule has 192 valence electrons. The van der Waals surface area contributed by atoms with Gasteiger partial charge in [-0.05, 0) is 48.2 Å². The molecule has 2 aliphatic heterocycles. The van der Waals surface area contributed by atoms with E-state index < -0.39 is 0 Å². The molecule has 2 aromatic rings. The summed E-state index contributed by atoms with van der Waals surface area (Å²) in [7, 11) is 0. The van der Waals surface area contributed by atoms with Gasteiger partial charge in [-0.2, -0.15) is 0 Å². The minimum Gasteiger partial charge on any atom is -0.491 e. The SMILES string of the molecule is CCCOCCOc1ccc(C(OC(c2ccc(OCCOCCC)cc2)C2CO2)C2CO2)cc1. The van der Waals surface area contributed by atoms with Crippen LogP contribution in [0.25, 0.3) is 0 Å². The van der Waals surface area contributed by atoms with Crippen LogP contribution in [0.5, 0.6) is 11.5 Å². The van der Waals surface area contributed by atoms with Crippen LogP contribution in [0.4, 0.5) is 0 Å². The Labute approximate surface area is 208 Å². The van der Waals surface area contributed by atoms with Gasteiger partial charge < -0.3 is 33.2 Å². The molecule has 0 saturated carbocycles. The molecule has 0 radical (unpaired) electrons. The van der Waals surface area contributed by atoms with Gasteiger partial charge in [-0.15, -0.1) is 0 Å². The average molecular weight is 487 g/mol. The monoisotopic (exact) mass is 486 g/mol. The van der Waals surface area contributed by atoms with E-state index in [0.717, 1.165) is 48.7 Å². The van der Waals surface area contributed by atoms with Crippen molar-refractivity contribution in [2.75, 3.05) is 52.9 Å². The van der Waals surface area contributed by atoms with Crippen molar-refractivity contribution in [1.29, 1.82) is 0 Å². The van der Waals surface area contributed by atoms with E-state index in [1.807, 2.05) is 24.3 Å². The molecule has 2 heterocycles. The summed E-state index contributed by atoms with van der Waals surface area (Å²) < 4.78 is 40.4. The average Bonchev–Trinajstić information content (AvgIpc) is 3.80. The van der Waals surface area contributed by atoms with Crippen molar-refractivity contribution in [2.24, 2.45) is 0 Å². The largest absolute Gasteiger partial charge is 0.491 e. The topological polar surface area (TPSA) is 71.2 Å². The Balaban J connectivity index is 1.33. The first-order chi connectivity index (χ1) is 17.3. The third-order valence-electron chi connectivity index (χ3n) is 5.79. The Morgan fingerprint density at radius 2 is 1.03 bits per heavy atom. The lowest BCUT2D eigenvalue weighted by molar-refractivity contribution is -0.0419. The van der Waals surface area contributed by atoms with Gasteiger partial charge in [-0.1, -0.05) is 38.1 Å². The van der Waals surface area contributed by atoms with Crippen LogP contribution in [-0.2, 0) is 23.7 Å². The highest BCUT2D eigenvalue weighted by molar-refractivity contribution is 5.32. The van der Waals surface area contributed by atoms with E-state index in [2.05, 4.69) is 38.1 Å². The molecular formula is C28H38O7. The summed E-state index contributed by atoms with van der Waals surface area (Å²) in [6.45, 7) is 9.37. The molecule has 0 aromatic heterocycles. The standard InChI is InChI=1S/C28H38O7/c1-3-13-29-15-17-31-23-9-5-21(6-10-23)27(25-19-33-25)35-28(26-20-34-26)22-7-11-24(12-8-22)32-18-16-30-14-4-2/h5-12,25-28H,3-4,13-20H2,1-2H3. The second kappa shape index (κ2) is 13.8. The molecule has 7 nitrogen and oxygen atoms in total. The fourth-order valence-corrected chi connectivity index (χ4v) is 3.82. The van der Waals surface area contributed by atoms with Gasteiger partial charge in [0.2, 0.25) is 0 Å². The molecule has 4 atom stereocenters. The van der Waals surface area contributed by atoms with E-state index in [4.69, 9.17) is 33.2 Å². The van der Waals surface area contributed by atoms with Gasteiger partial charge in [-0.3, -0.25) is 0 Å². The van der Waals surface area contributed by atoms with Crippen molar-refractivity contribution in [3.63, 3.8) is 0 Å². The first kappa shape index (κ1) is 25.9. The van der Waals surface area contributed by atoms with Crippen LogP contribution < -0.4 is 9.47 Å². The number of benzene rings is 2. The minimum absolute atomic E-state index is 0.0520. The summed E-state index contributed by atoms with van der Waals surface area (Å²) in [5.74, 6) is 1.64. The maximum Gasteiger partial charge on any atom is 0.119 e. The van der Waals surface area contributed by atoms with Crippen molar-refractivity contribution >= 4 is 0 Å². The Bertz CT molecular complexity index is 775. The smallest absolute Gasteiger partial charge is 0.119 e. The van der Waals surface area contributed by atoms with Crippen LogP contribution in [0.2, 0.25) is 0 Å². The van der Waals surface area contributed by atoms with Crippen LogP contribution in [0.15, 0.2) is 48.5 Å². The predicted octanol–water partition coefficient (Wildman–Crippen LogP) is 4.89. The van der Waals surface area contributed by atoms with E-state index in [-0.39, 0.29) is 24.4 Å². The molecule has 35 heavy (non-hydrogen) atoms. The van der Waals surface area contributed by atoms with Gasteiger partial charge in [0.1, 0.15) is 49.1 Å². The molecule has 4 unspecified atom stereocenters. The zero-order chi connectivity index (χ0) is 24.3. The molecule has 0 aliphatic carbocycles. The first-order valence-electron chi connectivity index (χ1n) is 12.8. The number of epoxide rings is 2. The number of hydrogen-bond donors (Lipinski definition) is 0. The van der Waals surface area contributed by atoms with E-state index in [9.17, 15) is 0 Å². The van der Waals surface area contributed by atoms with Crippen molar-refractivity contribution in [1.82, 2.24) is 0 Å². The highest BCUT2D eigenvalue weighted by Crippen LogP contribution is 2.40. The highest BCUT2D eigenvalue weighted by atomic mass is 16.6. The zero-order valence-corrected chi connectivity index (χ0v) is 20.9. The maximum absolute atomic E-state index is 6.63. The van der Waals surface area contributed by atoms with Crippen molar-refractivity contribution in [2.45, 2.75) is 51.1 Å². The summed E-state index contributed by atoms with van der Waals surface area (Å²) in [4.78, 5) is 0. The lowest BCUT2D eigenvalue weighted by Crippen LogP contribution is -2.19. The molecule has 4 rings (SSSR count). The summed E-state index contributed by atoms with van der Waals surface area (Å²) >= 11 is 0. The second-order valence-electron chi connectivity index (χ2n) is 8.78. The summed E-state index contributed by atoms with van der Waals surface area (Å²) in [5, 5.41) is 0. The Morgan fingerprint density at radius 3 is 1.37 bits per heavy atom. The van der Waals surface area contributed by atoms with Gasteiger partial charge in [0.15, 0.2) is 0 Å².